The SMILES string of the molecule is COC(=O)C(O)C(C(O)OC)C(OC)C(=O)O. The first-order chi connectivity index (χ1) is 7.90. The summed E-state index contributed by atoms with van der Waals surface area (Å²) in [5, 5.41) is 27.9. The van der Waals surface area contributed by atoms with Gasteiger partial charge in [-0.15, -0.1) is 0 Å². The summed E-state index contributed by atoms with van der Waals surface area (Å²) in [4.78, 5) is 22.0. The summed E-state index contributed by atoms with van der Waals surface area (Å²) >= 11 is 0. The van der Waals surface area contributed by atoms with E-state index in [0.717, 1.165) is 21.3 Å². The van der Waals surface area contributed by atoms with Gasteiger partial charge in [-0.05, 0) is 0 Å². The van der Waals surface area contributed by atoms with Crippen LogP contribution in [0.2, 0.25) is 0 Å². The second kappa shape index (κ2) is 7.17. The van der Waals surface area contributed by atoms with Gasteiger partial charge in [0.05, 0.1) is 13.0 Å². The molecule has 0 aliphatic heterocycles. The van der Waals surface area contributed by atoms with Crippen molar-refractivity contribution < 1.29 is 39.1 Å². The van der Waals surface area contributed by atoms with Crippen LogP contribution in [0.3, 0.4) is 0 Å². The molecule has 17 heavy (non-hydrogen) atoms. The van der Waals surface area contributed by atoms with Gasteiger partial charge in [-0.1, -0.05) is 0 Å². The number of carboxylic acids is 1. The smallest absolute Gasteiger partial charge is 0.335 e. The molecule has 0 saturated carbocycles. The van der Waals surface area contributed by atoms with E-state index in [1.54, 1.807) is 0 Å². The number of hydrogen-bond acceptors (Lipinski definition) is 7. The van der Waals surface area contributed by atoms with Gasteiger partial charge in [0.1, 0.15) is 0 Å². The summed E-state index contributed by atoms with van der Waals surface area (Å²) in [5.41, 5.74) is 0. The van der Waals surface area contributed by atoms with Gasteiger partial charge in [-0.2, -0.15) is 0 Å². The molecule has 0 rings (SSSR count). The molecule has 0 fully saturated rings. The quantitative estimate of drug-likeness (QED) is 0.358. The number of aliphatic hydroxyl groups is 2. The van der Waals surface area contributed by atoms with Crippen LogP contribution in [0.1, 0.15) is 0 Å². The highest BCUT2D eigenvalue weighted by molar-refractivity contribution is 5.78. The van der Waals surface area contributed by atoms with Crippen LogP contribution < -0.4 is 0 Å². The minimum atomic E-state index is -1.88. The molecule has 3 N–H and O–H groups in total. The van der Waals surface area contributed by atoms with Crippen LogP contribution in [0.15, 0.2) is 0 Å². The first-order valence-corrected chi connectivity index (χ1v) is 4.63. The van der Waals surface area contributed by atoms with E-state index in [2.05, 4.69) is 14.2 Å². The molecule has 0 aromatic carbocycles. The summed E-state index contributed by atoms with van der Waals surface area (Å²) < 4.78 is 13.4. The first-order valence-electron chi connectivity index (χ1n) is 4.63. The number of esters is 1. The van der Waals surface area contributed by atoms with Gasteiger partial charge in [0.2, 0.25) is 0 Å². The Bertz CT molecular complexity index is 266. The molecule has 0 saturated heterocycles. The van der Waals surface area contributed by atoms with Crippen molar-refractivity contribution in [3.05, 3.63) is 0 Å². The Balaban J connectivity index is 5.10. The molecule has 100 valence electrons. The molecular weight excluding hydrogens is 236 g/mol. The predicted molar refractivity (Wildman–Crippen MR) is 53.0 cm³/mol. The summed E-state index contributed by atoms with van der Waals surface area (Å²) in [6, 6.07) is 0. The maximum absolute atomic E-state index is 11.1. The molecule has 0 amide bonds. The van der Waals surface area contributed by atoms with Crippen molar-refractivity contribution in [2.45, 2.75) is 18.5 Å². The van der Waals surface area contributed by atoms with Crippen LogP contribution in [0.4, 0.5) is 0 Å². The number of hydrogen-bond donors (Lipinski definition) is 3. The van der Waals surface area contributed by atoms with Crippen LogP contribution in [-0.4, -0.2) is 67.1 Å². The molecular formula is C9H16O8. The van der Waals surface area contributed by atoms with Crippen LogP contribution in [0, 0.1) is 5.92 Å². The Morgan fingerprint density at radius 2 is 1.59 bits per heavy atom. The topological polar surface area (TPSA) is 123 Å². The van der Waals surface area contributed by atoms with Crippen molar-refractivity contribution in [1.82, 2.24) is 0 Å². The first kappa shape index (κ1) is 15.8. The number of rotatable bonds is 7. The van der Waals surface area contributed by atoms with Crippen LogP contribution >= 0.6 is 0 Å². The van der Waals surface area contributed by atoms with Crippen molar-refractivity contribution in [2.24, 2.45) is 5.92 Å². The third kappa shape index (κ3) is 3.93. The fourth-order valence-corrected chi connectivity index (χ4v) is 1.33. The van der Waals surface area contributed by atoms with Gasteiger partial charge in [-0.3, -0.25) is 0 Å². The molecule has 0 spiro atoms. The zero-order valence-electron chi connectivity index (χ0n) is 9.69. The molecule has 8 heteroatoms. The highest BCUT2D eigenvalue weighted by atomic mass is 16.6. The van der Waals surface area contributed by atoms with E-state index in [1.165, 1.54) is 0 Å². The molecule has 4 unspecified atom stereocenters. The summed E-state index contributed by atoms with van der Waals surface area (Å²) in [6.07, 6.45) is -5.18. The van der Waals surface area contributed by atoms with E-state index in [0.29, 0.717) is 0 Å². The Morgan fingerprint density at radius 3 is 1.88 bits per heavy atom. The van der Waals surface area contributed by atoms with Crippen molar-refractivity contribution in [3.8, 4) is 0 Å². The van der Waals surface area contributed by atoms with Gasteiger partial charge < -0.3 is 29.5 Å². The molecule has 0 aromatic rings. The molecule has 0 aliphatic carbocycles. The van der Waals surface area contributed by atoms with Crippen molar-refractivity contribution in [2.75, 3.05) is 21.3 Å². The molecule has 0 aromatic heterocycles. The molecule has 0 radical (unpaired) electrons. The van der Waals surface area contributed by atoms with Gasteiger partial charge in [-0.25, -0.2) is 9.59 Å². The average molecular weight is 252 g/mol. The van der Waals surface area contributed by atoms with Gasteiger partial charge >= 0.3 is 11.9 Å². The Labute approximate surface area is 97.7 Å². The predicted octanol–water partition coefficient (Wildman–Crippen LogP) is -1.80. The average Bonchev–Trinajstić information content (AvgIpc) is 2.32. The fraction of sp³-hybridized carbons (Fsp3) is 0.778. The zero-order valence-corrected chi connectivity index (χ0v) is 9.69. The molecule has 0 bridgehead atoms. The largest absolute Gasteiger partial charge is 0.479 e. The lowest BCUT2D eigenvalue weighted by molar-refractivity contribution is -0.199. The van der Waals surface area contributed by atoms with Gasteiger partial charge in [0, 0.05) is 14.2 Å². The maximum atomic E-state index is 11.1. The molecule has 0 heterocycles. The van der Waals surface area contributed by atoms with Gasteiger partial charge in [0.15, 0.2) is 18.5 Å². The number of carbonyl (C=O) groups excluding carboxylic acids is 1. The minimum absolute atomic E-state index is 1.02. The van der Waals surface area contributed by atoms with E-state index >= 15 is 0 Å². The van der Waals surface area contributed by atoms with Crippen LogP contribution in [0.25, 0.3) is 0 Å². The van der Waals surface area contributed by atoms with E-state index in [9.17, 15) is 19.8 Å². The lowest BCUT2D eigenvalue weighted by atomic mass is 9.94. The summed E-state index contributed by atoms with van der Waals surface area (Å²) in [5.74, 6) is -4.04. The third-order valence-corrected chi connectivity index (χ3v) is 2.22. The lowest BCUT2D eigenvalue weighted by Gasteiger charge is -2.28. The number of aliphatic carboxylic acids is 1. The van der Waals surface area contributed by atoms with E-state index in [1.807, 2.05) is 0 Å². The van der Waals surface area contributed by atoms with E-state index in [4.69, 9.17) is 5.11 Å². The minimum Gasteiger partial charge on any atom is -0.479 e. The number of methoxy groups -OCH3 is 3. The molecule has 8 nitrogen and oxygen atoms in total. The van der Waals surface area contributed by atoms with Crippen molar-refractivity contribution in [1.29, 1.82) is 0 Å². The van der Waals surface area contributed by atoms with E-state index < -0.39 is 36.4 Å². The third-order valence-electron chi connectivity index (χ3n) is 2.22. The summed E-state index contributed by atoms with van der Waals surface area (Å²) in [6.45, 7) is 0. The van der Waals surface area contributed by atoms with Gasteiger partial charge in [0.25, 0.3) is 0 Å². The Morgan fingerprint density at radius 1 is 1.06 bits per heavy atom. The standard InChI is InChI=1S/C9H16O8/c1-15-6(7(11)12)4(8(13)16-2)5(10)9(14)17-3/h4-6,8,10,13H,1-3H3,(H,11,12). The summed E-state index contributed by atoms with van der Waals surface area (Å²) in [7, 11) is 3.18. The lowest BCUT2D eigenvalue weighted by Crippen LogP contribution is -2.49. The highest BCUT2D eigenvalue weighted by Gasteiger charge is 2.43. The Hall–Kier alpha value is -1.22. The fourth-order valence-electron chi connectivity index (χ4n) is 1.33. The Kier molecular flexibility index (Phi) is 6.66. The molecule has 0 aliphatic rings. The molecule has 4 atom stereocenters. The number of carboxylic acid groups (broad SMARTS) is 1. The second-order valence-corrected chi connectivity index (χ2v) is 3.17. The second-order valence-electron chi connectivity index (χ2n) is 3.17. The van der Waals surface area contributed by atoms with Crippen molar-refractivity contribution in [3.63, 3.8) is 0 Å². The zero-order chi connectivity index (χ0) is 13.6. The van der Waals surface area contributed by atoms with Crippen molar-refractivity contribution >= 4 is 11.9 Å². The van der Waals surface area contributed by atoms with Crippen LogP contribution in [0.5, 0.6) is 0 Å². The maximum Gasteiger partial charge on any atom is 0.335 e. The number of ether oxygens (including phenoxy) is 3. The van der Waals surface area contributed by atoms with E-state index in [-0.39, 0.29) is 0 Å². The number of carbonyl (C=O) groups is 2. The van der Waals surface area contributed by atoms with Crippen LogP contribution in [-0.2, 0) is 23.8 Å². The number of aliphatic hydroxyl groups excluding tert-OH is 2. The normalized spacial score (nSPS) is 17.9. The monoisotopic (exact) mass is 252 g/mol. The highest BCUT2D eigenvalue weighted by Crippen LogP contribution is 2.19.